The van der Waals surface area contributed by atoms with Crippen molar-refractivity contribution in [3.8, 4) is 11.1 Å². The first-order valence-corrected chi connectivity index (χ1v) is 11.8. The number of carbonyl (C=O) groups excluding carboxylic acids is 2. The molecule has 0 radical (unpaired) electrons. The van der Waals surface area contributed by atoms with Crippen molar-refractivity contribution in [3.05, 3.63) is 71.8 Å². The summed E-state index contributed by atoms with van der Waals surface area (Å²) in [4.78, 5) is 38.7. The Balaban J connectivity index is 1.17. The first kappa shape index (κ1) is 23.1. The molecule has 3 aliphatic rings. The Labute approximate surface area is 203 Å². The van der Waals surface area contributed by atoms with Crippen molar-refractivity contribution in [1.29, 1.82) is 0 Å². The van der Waals surface area contributed by atoms with E-state index in [-0.39, 0.29) is 37.5 Å². The highest BCUT2D eigenvalue weighted by molar-refractivity contribution is 5.89. The van der Waals surface area contributed by atoms with Crippen molar-refractivity contribution in [2.75, 3.05) is 26.9 Å². The van der Waals surface area contributed by atoms with Gasteiger partial charge in [-0.15, -0.1) is 0 Å². The summed E-state index contributed by atoms with van der Waals surface area (Å²) in [7, 11) is 1.51. The lowest BCUT2D eigenvalue weighted by molar-refractivity contribution is -0.158. The lowest BCUT2D eigenvalue weighted by Crippen LogP contribution is -2.57. The summed E-state index contributed by atoms with van der Waals surface area (Å²) in [6.45, 7) is 0.487. The second kappa shape index (κ2) is 9.19. The third-order valence-corrected chi connectivity index (χ3v) is 7.42. The fourth-order valence-electron chi connectivity index (χ4n) is 5.37. The Kier molecular flexibility index (Phi) is 6.06. The fraction of sp³-hybridized carbons (Fsp3) is 0.370. The summed E-state index contributed by atoms with van der Waals surface area (Å²) in [6, 6.07) is 15.9. The van der Waals surface area contributed by atoms with Gasteiger partial charge in [0.15, 0.2) is 5.54 Å². The summed E-state index contributed by atoms with van der Waals surface area (Å²) >= 11 is 0. The van der Waals surface area contributed by atoms with Crippen LogP contribution in [-0.4, -0.2) is 66.4 Å². The molecule has 2 aliphatic carbocycles. The van der Waals surface area contributed by atoms with Gasteiger partial charge in [0, 0.05) is 26.0 Å². The highest BCUT2D eigenvalue weighted by Gasteiger charge is 2.49. The van der Waals surface area contributed by atoms with E-state index >= 15 is 0 Å². The normalized spacial score (nSPS) is 24.6. The van der Waals surface area contributed by atoms with Gasteiger partial charge in [0.1, 0.15) is 6.61 Å². The molecule has 2 aromatic carbocycles. The molecule has 8 heteroatoms. The molecule has 35 heavy (non-hydrogen) atoms. The summed E-state index contributed by atoms with van der Waals surface area (Å²) in [5.41, 5.74) is 3.25. The van der Waals surface area contributed by atoms with Gasteiger partial charge in [0.25, 0.3) is 0 Å². The van der Waals surface area contributed by atoms with Crippen LogP contribution < -0.4 is 5.32 Å². The molecule has 0 saturated carbocycles. The van der Waals surface area contributed by atoms with Crippen LogP contribution in [0.2, 0.25) is 0 Å². The number of nitrogens with zero attached hydrogens (tertiary/aromatic N) is 1. The molecule has 5 rings (SSSR count). The zero-order chi connectivity index (χ0) is 24.6. The molecule has 2 aromatic rings. The molecule has 8 nitrogen and oxygen atoms in total. The van der Waals surface area contributed by atoms with Crippen LogP contribution in [0.1, 0.15) is 29.9 Å². The van der Waals surface area contributed by atoms with E-state index in [2.05, 4.69) is 29.6 Å². The van der Waals surface area contributed by atoms with Crippen LogP contribution in [0.5, 0.6) is 0 Å². The van der Waals surface area contributed by atoms with Gasteiger partial charge in [-0.05, 0) is 28.7 Å². The number of carboxylic acid groups (broad SMARTS) is 1. The van der Waals surface area contributed by atoms with Crippen LogP contribution in [-0.2, 0) is 19.1 Å². The van der Waals surface area contributed by atoms with Crippen molar-refractivity contribution in [2.24, 2.45) is 5.92 Å². The molecule has 0 aromatic heterocycles. The molecular weight excluding hydrogens is 448 g/mol. The predicted octanol–water partition coefficient (Wildman–Crippen LogP) is 3.17. The average Bonchev–Trinajstić information content (AvgIpc) is 3.60. The molecule has 1 aliphatic heterocycles. The quantitative estimate of drug-likeness (QED) is 0.621. The van der Waals surface area contributed by atoms with Crippen molar-refractivity contribution in [2.45, 2.75) is 30.3 Å². The van der Waals surface area contributed by atoms with E-state index in [4.69, 9.17) is 9.47 Å². The van der Waals surface area contributed by atoms with E-state index in [0.717, 1.165) is 22.3 Å². The Bertz CT molecular complexity index is 1140. The number of likely N-dealkylation sites (N-methyl/N-ethyl adjacent to an activating group) is 1. The van der Waals surface area contributed by atoms with Crippen LogP contribution in [0, 0.1) is 5.92 Å². The molecule has 1 fully saturated rings. The molecule has 0 spiro atoms. The van der Waals surface area contributed by atoms with E-state index < -0.39 is 23.5 Å². The van der Waals surface area contributed by atoms with E-state index in [1.54, 1.807) is 12.2 Å². The monoisotopic (exact) mass is 476 g/mol. The van der Waals surface area contributed by atoms with Crippen LogP contribution >= 0.6 is 0 Å². The Morgan fingerprint density at radius 3 is 2.34 bits per heavy atom. The minimum Gasteiger partial charge on any atom is -0.479 e. The summed E-state index contributed by atoms with van der Waals surface area (Å²) < 4.78 is 10.9. The number of amides is 2. The molecular formula is C27H28N2O6. The first-order valence-electron chi connectivity index (χ1n) is 11.8. The molecule has 3 unspecified atom stereocenters. The molecule has 1 heterocycles. The van der Waals surface area contributed by atoms with Gasteiger partial charge in [-0.25, -0.2) is 9.59 Å². The van der Waals surface area contributed by atoms with Gasteiger partial charge >= 0.3 is 12.1 Å². The number of ether oxygens (including phenoxy) is 2. The summed E-state index contributed by atoms with van der Waals surface area (Å²) in [5.74, 6) is -1.92. The number of fused-ring (bicyclic) bond motifs is 3. The van der Waals surface area contributed by atoms with Crippen LogP contribution in [0.15, 0.2) is 60.7 Å². The first-order chi connectivity index (χ1) is 16.9. The van der Waals surface area contributed by atoms with E-state index in [0.29, 0.717) is 13.0 Å². The maximum Gasteiger partial charge on any atom is 0.407 e. The van der Waals surface area contributed by atoms with Crippen LogP contribution in [0.25, 0.3) is 11.1 Å². The van der Waals surface area contributed by atoms with E-state index in [1.165, 1.54) is 11.9 Å². The zero-order valence-corrected chi connectivity index (χ0v) is 19.5. The SMILES string of the molecule is CN(C(=O)C1C=CC(NC(=O)OCC2c3ccccc3-c3ccccc32)C1)C1(C(=O)O)CCOC1. The molecule has 182 valence electrons. The number of benzene rings is 2. The smallest absolute Gasteiger partial charge is 0.407 e. The van der Waals surface area contributed by atoms with Gasteiger partial charge in [-0.3, -0.25) is 4.79 Å². The fourth-order valence-corrected chi connectivity index (χ4v) is 5.37. The topological polar surface area (TPSA) is 105 Å². The van der Waals surface area contributed by atoms with Gasteiger partial charge in [0.2, 0.25) is 5.91 Å². The zero-order valence-electron chi connectivity index (χ0n) is 19.5. The minimum absolute atomic E-state index is 0.0254. The highest BCUT2D eigenvalue weighted by Crippen LogP contribution is 2.44. The van der Waals surface area contributed by atoms with E-state index in [1.807, 2.05) is 24.3 Å². The highest BCUT2D eigenvalue weighted by atomic mass is 16.5. The maximum atomic E-state index is 13.0. The molecule has 1 saturated heterocycles. The second-order valence-electron chi connectivity index (χ2n) is 9.34. The largest absolute Gasteiger partial charge is 0.479 e. The third-order valence-electron chi connectivity index (χ3n) is 7.42. The number of nitrogens with one attached hydrogen (secondary N) is 1. The van der Waals surface area contributed by atoms with Crippen molar-refractivity contribution >= 4 is 18.0 Å². The summed E-state index contributed by atoms with van der Waals surface area (Å²) in [6.07, 6.45) is 3.54. The van der Waals surface area contributed by atoms with Gasteiger partial charge in [-0.2, -0.15) is 0 Å². The average molecular weight is 477 g/mol. The third kappa shape index (κ3) is 4.08. The Morgan fingerprint density at radius 1 is 1.09 bits per heavy atom. The second-order valence-corrected chi connectivity index (χ2v) is 9.34. The lowest BCUT2D eigenvalue weighted by Gasteiger charge is -2.35. The molecule has 3 atom stereocenters. The van der Waals surface area contributed by atoms with E-state index in [9.17, 15) is 19.5 Å². The number of rotatable bonds is 6. The summed E-state index contributed by atoms with van der Waals surface area (Å²) in [5, 5.41) is 12.5. The molecule has 2 amide bonds. The minimum atomic E-state index is -1.34. The maximum absolute atomic E-state index is 13.0. The predicted molar refractivity (Wildman–Crippen MR) is 128 cm³/mol. The van der Waals surface area contributed by atoms with Gasteiger partial charge in [-0.1, -0.05) is 60.7 Å². The van der Waals surface area contributed by atoms with Gasteiger partial charge < -0.3 is 24.8 Å². The number of aliphatic carboxylic acids is 1. The van der Waals surface area contributed by atoms with Crippen LogP contribution in [0.4, 0.5) is 4.79 Å². The Morgan fingerprint density at radius 2 is 1.74 bits per heavy atom. The standard InChI is InChI=1S/C27H28N2O6/c1-29(27(25(31)32)12-13-34-16-27)24(30)17-10-11-18(14-17)28-26(33)35-15-23-21-8-4-2-6-19(21)20-7-3-5-9-22(20)23/h2-11,17-18,23H,12-16H2,1H3,(H,28,33)(H,31,32). The number of hydrogen-bond donors (Lipinski definition) is 2. The van der Waals surface area contributed by atoms with Crippen molar-refractivity contribution in [1.82, 2.24) is 10.2 Å². The molecule has 0 bridgehead atoms. The number of carboxylic acids is 1. The number of carbonyl (C=O) groups is 3. The van der Waals surface area contributed by atoms with Crippen LogP contribution in [0.3, 0.4) is 0 Å². The number of alkyl carbamates (subject to hydrolysis) is 1. The van der Waals surface area contributed by atoms with Crippen molar-refractivity contribution < 1.29 is 29.0 Å². The molecule has 2 N–H and O–H groups in total. The Hall–Kier alpha value is -3.65. The van der Waals surface area contributed by atoms with Gasteiger partial charge in [0.05, 0.1) is 18.6 Å². The lowest BCUT2D eigenvalue weighted by atomic mass is 9.94. The number of hydrogen-bond acceptors (Lipinski definition) is 5. The van der Waals surface area contributed by atoms with Crippen molar-refractivity contribution in [3.63, 3.8) is 0 Å².